The number of aliphatic hydroxyl groups is 1. The second-order valence-corrected chi connectivity index (χ2v) is 6.00. The van der Waals surface area contributed by atoms with Gasteiger partial charge in [-0.25, -0.2) is 4.98 Å². The van der Waals surface area contributed by atoms with E-state index < -0.39 is 5.60 Å². The van der Waals surface area contributed by atoms with Crippen LogP contribution in [0.1, 0.15) is 24.2 Å². The first-order chi connectivity index (χ1) is 10.1. The Morgan fingerprint density at radius 3 is 3.10 bits per heavy atom. The fraction of sp³-hybridized carbons (Fsp3) is 0.714. The molecule has 2 aliphatic heterocycles. The van der Waals surface area contributed by atoms with Crippen LogP contribution in [0.3, 0.4) is 0 Å². The number of imidazole rings is 1. The number of H-pyrrole nitrogens is 1. The number of aromatic amines is 1. The van der Waals surface area contributed by atoms with E-state index >= 15 is 0 Å². The van der Waals surface area contributed by atoms with Crippen molar-refractivity contribution in [2.45, 2.75) is 37.5 Å². The number of carbonyl (C=O) groups excluding carboxylic acids is 1. The number of nitrogens with zero attached hydrogens (tertiary/aromatic N) is 2. The summed E-state index contributed by atoms with van der Waals surface area (Å²) >= 11 is 0. The van der Waals surface area contributed by atoms with Gasteiger partial charge in [-0.15, -0.1) is 0 Å². The number of rotatable bonds is 3. The van der Waals surface area contributed by atoms with Gasteiger partial charge in [-0.1, -0.05) is 0 Å². The quantitative estimate of drug-likeness (QED) is 0.694. The molecular weight excluding hydrogens is 272 g/mol. The Labute approximate surface area is 123 Å². The average Bonchev–Trinajstić information content (AvgIpc) is 2.94. The summed E-state index contributed by atoms with van der Waals surface area (Å²) in [6.07, 6.45) is 3.40. The van der Waals surface area contributed by atoms with Gasteiger partial charge in [0.05, 0.1) is 29.4 Å². The highest BCUT2D eigenvalue weighted by Gasteiger charge is 2.35. The first-order valence-electron chi connectivity index (χ1n) is 7.37. The molecule has 7 heteroatoms. The predicted octanol–water partition coefficient (Wildman–Crippen LogP) is -0.576. The summed E-state index contributed by atoms with van der Waals surface area (Å²) in [4.78, 5) is 21.5. The van der Waals surface area contributed by atoms with E-state index in [9.17, 15) is 9.90 Å². The summed E-state index contributed by atoms with van der Waals surface area (Å²) < 4.78 is 5.27. The summed E-state index contributed by atoms with van der Waals surface area (Å²) in [7, 11) is 1.75. The van der Waals surface area contributed by atoms with E-state index in [2.05, 4.69) is 15.3 Å². The number of carbonyl (C=O) groups is 1. The zero-order valence-corrected chi connectivity index (χ0v) is 12.3. The van der Waals surface area contributed by atoms with E-state index in [4.69, 9.17) is 4.74 Å². The molecule has 0 bridgehead atoms. The molecule has 1 aromatic heterocycles. The van der Waals surface area contributed by atoms with Crippen LogP contribution >= 0.6 is 0 Å². The van der Waals surface area contributed by atoms with E-state index in [0.717, 1.165) is 11.4 Å². The largest absolute Gasteiger partial charge is 0.388 e. The third kappa shape index (κ3) is 3.09. The van der Waals surface area contributed by atoms with Crippen molar-refractivity contribution in [2.75, 3.05) is 26.8 Å². The van der Waals surface area contributed by atoms with Crippen molar-refractivity contribution < 1.29 is 14.6 Å². The molecule has 0 spiro atoms. The van der Waals surface area contributed by atoms with Gasteiger partial charge < -0.3 is 19.7 Å². The van der Waals surface area contributed by atoms with Crippen molar-refractivity contribution in [1.29, 1.82) is 0 Å². The van der Waals surface area contributed by atoms with E-state index in [1.165, 1.54) is 0 Å². The smallest absolute Gasteiger partial charge is 0.239 e. The van der Waals surface area contributed by atoms with Crippen LogP contribution in [0.25, 0.3) is 0 Å². The van der Waals surface area contributed by atoms with E-state index in [0.29, 0.717) is 45.6 Å². The van der Waals surface area contributed by atoms with Crippen LogP contribution in [0.15, 0.2) is 6.33 Å². The van der Waals surface area contributed by atoms with Crippen LogP contribution in [-0.4, -0.2) is 64.3 Å². The number of ether oxygens (including phenoxy) is 1. The Balaban J connectivity index is 1.60. The summed E-state index contributed by atoms with van der Waals surface area (Å²) in [5.41, 5.74) is 1.17. The van der Waals surface area contributed by atoms with Crippen LogP contribution in [0, 0.1) is 0 Å². The molecule has 1 saturated heterocycles. The fourth-order valence-electron chi connectivity index (χ4n) is 3.04. The molecule has 116 valence electrons. The monoisotopic (exact) mass is 294 g/mol. The lowest BCUT2D eigenvalue weighted by Crippen LogP contribution is -2.53. The maximum absolute atomic E-state index is 12.5. The molecule has 1 fully saturated rings. The number of aromatic nitrogens is 2. The predicted molar refractivity (Wildman–Crippen MR) is 75.6 cm³/mol. The highest BCUT2D eigenvalue weighted by molar-refractivity contribution is 5.82. The van der Waals surface area contributed by atoms with Crippen LogP contribution < -0.4 is 5.32 Å². The first kappa shape index (κ1) is 14.5. The second-order valence-electron chi connectivity index (χ2n) is 6.00. The summed E-state index contributed by atoms with van der Waals surface area (Å²) in [5, 5.41) is 13.7. The van der Waals surface area contributed by atoms with Crippen LogP contribution in [-0.2, 0) is 22.5 Å². The molecule has 1 unspecified atom stereocenters. The highest BCUT2D eigenvalue weighted by atomic mass is 16.5. The lowest BCUT2D eigenvalue weighted by atomic mass is 9.93. The minimum absolute atomic E-state index is 0.00330. The minimum Gasteiger partial charge on any atom is -0.388 e. The first-order valence-corrected chi connectivity index (χ1v) is 7.37. The van der Waals surface area contributed by atoms with Gasteiger partial charge in [0, 0.05) is 52.6 Å². The second kappa shape index (κ2) is 5.75. The van der Waals surface area contributed by atoms with Crippen molar-refractivity contribution in [3.05, 3.63) is 17.7 Å². The molecular formula is C14H22N4O3. The van der Waals surface area contributed by atoms with Crippen LogP contribution in [0.5, 0.6) is 0 Å². The Bertz CT molecular complexity index is 510. The number of amides is 1. The summed E-state index contributed by atoms with van der Waals surface area (Å²) in [5.74, 6) is 0.00330. The maximum atomic E-state index is 12.5. The molecule has 0 saturated carbocycles. The van der Waals surface area contributed by atoms with Gasteiger partial charge in [0.2, 0.25) is 5.91 Å². The third-order valence-electron chi connectivity index (χ3n) is 4.36. The molecule has 2 aliphatic rings. The van der Waals surface area contributed by atoms with Crippen LogP contribution in [0.4, 0.5) is 0 Å². The number of hydrogen-bond donors (Lipinski definition) is 3. The molecule has 3 rings (SSSR count). The molecule has 0 aromatic carbocycles. The highest BCUT2D eigenvalue weighted by Crippen LogP contribution is 2.22. The van der Waals surface area contributed by atoms with E-state index in [-0.39, 0.29) is 11.9 Å². The van der Waals surface area contributed by atoms with E-state index in [1.807, 2.05) is 0 Å². The normalized spacial score (nSPS) is 24.4. The van der Waals surface area contributed by atoms with Gasteiger partial charge in [-0.2, -0.15) is 0 Å². The Morgan fingerprint density at radius 1 is 1.57 bits per heavy atom. The van der Waals surface area contributed by atoms with Gasteiger partial charge >= 0.3 is 0 Å². The zero-order chi connectivity index (χ0) is 14.9. The Morgan fingerprint density at radius 2 is 2.33 bits per heavy atom. The van der Waals surface area contributed by atoms with Crippen molar-refractivity contribution >= 4 is 5.91 Å². The van der Waals surface area contributed by atoms with Crippen molar-refractivity contribution in [3.8, 4) is 0 Å². The molecule has 3 N–H and O–H groups in total. The molecule has 1 atom stereocenters. The topological polar surface area (TPSA) is 90.5 Å². The lowest BCUT2D eigenvalue weighted by molar-refractivity contribution is -0.139. The molecule has 1 amide bonds. The molecule has 3 heterocycles. The third-order valence-corrected chi connectivity index (χ3v) is 4.36. The number of hydrogen-bond acceptors (Lipinski definition) is 5. The Kier molecular flexibility index (Phi) is 3.97. The molecule has 21 heavy (non-hydrogen) atoms. The standard InChI is InChI=1S/C14H22N4O3/c1-18(8-14(20)2-4-21-5-3-14)13(19)11-6-10-12(7-15-11)17-9-16-10/h9,11,15,20H,2-8H2,1H3,(H,16,17). The summed E-state index contributed by atoms with van der Waals surface area (Å²) in [6, 6.07) is -0.269. The number of nitrogens with one attached hydrogen (secondary N) is 2. The van der Waals surface area contributed by atoms with Gasteiger partial charge in [-0.05, 0) is 0 Å². The van der Waals surface area contributed by atoms with Crippen LogP contribution in [0.2, 0.25) is 0 Å². The van der Waals surface area contributed by atoms with Crippen molar-refractivity contribution in [1.82, 2.24) is 20.2 Å². The number of likely N-dealkylation sites (N-methyl/N-ethyl adjacent to an activating group) is 1. The zero-order valence-electron chi connectivity index (χ0n) is 12.3. The maximum Gasteiger partial charge on any atom is 0.239 e. The van der Waals surface area contributed by atoms with Gasteiger partial charge in [-0.3, -0.25) is 10.1 Å². The van der Waals surface area contributed by atoms with Gasteiger partial charge in [0.1, 0.15) is 0 Å². The summed E-state index contributed by atoms with van der Waals surface area (Å²) in [6.45, 7) is 2.08. The lowest BCUT2D eigenvalue weighted by Gasteiger charge is -2.36. The van der Waals surface area contributed by atoms with Gasteiger partial charge in [0.15, 0.2) is 0 Å². The van der Waals surface area contributed by atoms with Gasteiger partial charge in [0.25, 0.3) is 0 Å². The van der Waals surface area contributed by atoms with E-state index in [1.54, 1.807) is 18.3 Å². The molecule has 0 radical (unpaired) electrons. The Hall–Kier alpha value is -1.44. The minimum atomic E-state index is -0.825. The fourth-order valence-corrected chi connectivity index (χ4v) is 3.04. The molecule has 7 nitrogen and oxygen atoms in total. The SMILES string of the molecule is CN(CC1(O)CCOCC1)C(=O)C1Cc2nc[nH]c2CN1. The molecule has 0 aliphatic carbocycles. The van der Waals surface area contributed by atoms with Crippen molar-refractivity contribution in [3.63, 3.8) is 0 Å². The average molecular weight is 294 g/mol. The molecule has 1 aromatic rings. The number of fused-ring (bicyclic) bond motifs is 1. The van der Waals surface area contributed by atoms with Crippen molar-refractivity contribution in [2.24, 2.45) is 0 Å².